The highest BCUT2D eigenvalue weighted by Crippen LogP contribution is 2.49. The van der Waals surface area contributed by atoms with Gasteiger partial charge in [0.1, 0.15) is 0 Å². The van der Waals surface area contributed by atoms with Crippen LogP contribution in [0.15, 0.2) is 0 Å². The van der Waals surface area contributed by atoms with Crippen molar-refractivity contribution >= 4 is 79.4 Å². The summed E-state index contributed by atoms with van der Waals surface area (Å²) in [6, 6.07) is 0. The fourth-order valence-corrected chi connectivity index (χ4v) is 8.49. The Bertz CT molecular complexity index is 807. The summed E-state index contributed by atoms with van der Waals surface area (Å²) in [6.45, 7) is 4.41. The van der Waals surface area contributed by atoms with Crippen molar-refractivity contribution in [1.82, 2.24) is 0 Å². The van der Waals surface area contributed by atoms with E-state index in [-0.39, 0.29) is 11.6 Å². The Morgan fingerprint density at radius 3 is 1.39 bits per heavy atom. The number of thiophene rings is 2. The van der Waals surface area contributed by atoms with Crippen LogP contribution in [0.3, 0.4) is 0 Å². The van der Waals surface area contributed by atoms with Gasteiger partial charge in [0, 0.05) is 11.1 Å². The zero-order chi connectivity index (χ0) is 20.3. The predicted molar refractivity (Wildman–Crippen MR) is 137 cm³/mol. The fraction of sp³-hybridized carbons (Fsp3) is 0.545. The average molecular weight is 640 g/mol. The third-order valence-corrected chi connectivity index (χ3v) is 10.2. The van der Waals surface area contributed by atoms with Crippen LogP contribution in [0.25, 0.3) is 9.75 Å². The summed E-state index contributed by atoms with van der Waals surface area (Å²) < 4.78 is 2.36. The molecule has 2 heterocycles. The maximum atomic E-state index is 13.1. The average Bonchev–Trinajstić information content (AvgIpc) is 3.18. The molecule has 0 saturated heterocycles. The smallest absolute Gasteiger partial charge is 0.235 e. The Morgan fingerprint density at radius 1 is 0.643 bits per heavy atom. The molecule has 3 rings (SSSR count). The molecule has 1 aliphatic rings. The summed E-state index contributed by atoms with van der Waals surface area (Å²) in [7, 11) is 0. The molecule has 0 radical (unpaired) electrons. The first-order chi connectivity index (χ1) is 13.5. The van der Waals surface area contributed by atoms with Crippen LogP contribution in [0.5, 0.6) is 0 Å². The van der Waals surface area contributed by atoms with E-state index in [1.165, 1.54) is 44.3 Å². The minimum Gasteiger partial charge on any atom is -0.285 e. The number of carbonyl (C=O) groups excluding carboxylic acids is 2. The number of carbonyl (C=O) groups is 2. The lowest BCUT2D eigenvalue weighted by atomic mass is 9.88. The van der Waals surface area contributed by atoms with Crippen LogP contribution < -0.4 is 0 Å². The molecule has 1 aliphatic carbocycles. The molecule has 0 N–H and O–H groups in total. The van der Waals surface area contributed by atoms with Gasteiger partial charge in [-0.3, -0.25) is 9.59 Å². The lowest BCUT2D eigenvalue weighted by Gasteiger charge is -2.14. The number of hydrogen-bond acceptors (Lipinski definition) is 4. The minimum atomic E-state index is -0.267. The second kappa shape index (κ2) is 10.5. The molecule has 2 nitrogen and oxygen atoms in total. The molecule has 0 aromatic carbocycles. The van der Waals surface area contributed by atoms with Crippen molar-refractivity contribution in [3.8, 4) is 9.75 Å². The van der Waals surface area contributed by atoms with E-state index >= 15 is 0 Å². The van der Waals surface area contributed by atoms with Crippen LogP contribution in [0, 0.1) is 5.77 Å². The predicted octanol–water partition coefficient (Wildman–Crippen LogP) is 8.31. The number of hydrogen-bond donors (Lipinski definition) is 0. The van der Waals surface area contributed by atoms with Crippen LogP contribution in [0.2, 0.25) is 0 Å². The largest absolute Gasteiger partial charge is 0.285 e. The van der Waals surface area contributed by atoms with Crippen molar-refractivity contribution in [3.05, 3.63) is 28.0 Å². The Kier molecular flexibility index (Phi) is 8.57. The van der Waals surface area contributed by atoms with Crippen LogP contribution >= 0.6 is 67.9 Å². The van der Waals surface area contributed by atoms with Crippen molar-refractivity contribution in [2.75, 3.05) is 0 Å². The normalized spacial score (nSPS) is 13.1. The summed E-state index contributed by atoms with van der Waals surface area (Å²) in [6.07, 6.45) is 11.2. The maximum Gasteiger partial charge on any atom is 0.235 e. The van der Waals surface area contributed by atoms with Gasteiger partial charge in [0.25, 0.3) is 0 Å². The molecule has 0 spiro atoms. The van der Waals surface area contributed by atoms with Gasteiger partial charge in [0.05, 0.1) is 15.5 Å². The summed E-state index contributed by atoms with van der Waals surface area (Å²) in [5.41, 5.74) is 3.68. The molecule has 0 unspecified atom stereocenters. The second-order valence-electron chi connectivity index (χ2n) is 7.40. The first kappa shape index (κ1) is 22.9. The summed E-state index contributed by atoms with van der Waals surface area (Å²) in [5.74, 6) is -0.535. The van der Waals surface area contributed by atoms with Gasteiger partial charge in [-0.05, 0) is 82.0 Å². The highest BCUT2D eigenvalue weighted by atomic mass is 127. The number of fused-ring (bicyclic) bond motifs is 3. The molecule has 2 aromatic heterocycles. The van der Waals surface area contributed by atoms with E-state index in [1.807, 2.05) is 0 Å². The molecule has 2 aromatic rings. The zero-order valence-electron chi connectivity index (χ0n) is 16.5. The lowest BCUT2D eigenvalue weighted by Crippen LogP contribution is -2.21. The third kappa shape index (κ3) is 4.59. The quantitative estimate of drug-likeness (QED) is 0.149. The van der Waals surface area contributed by atoms with E-state index in [1.54, 1.807) is 22.7 Å². The Balaban J connectivity index is 1.94. The molecule has 0 saturated carbocycles. The molecule has 0 fully saturated rings. The fourth-order valence-electron chi connectivity index (χ4n) is 3.81. The number of ketones is 2. The van der Waals surface area contributed by atoms with E-state index in [0.717, 1.165) is 57.7 Å². The van der Waals surface area contributed by atoms with Gasteiger partial charge in [-0.25, -0.2) is 0 Å². The second-order valence-corrected chi connectivity index (χ2v) is 13.1. The Labute approximate surface area is 203 Å². The third-order valence-electron chi connectivity index (χ3n) is 5.34. The van der Waals surface area contributed by atoms with Crippen molar-refractivity contribution in [2.24, 2.45) is 0 Å². The number of Topliss-reactive ketones (excluding diaryl/α,β-unsaturated/α-hetero) is 2. The van der Waals surface area contributed by atoms with Gasteiger partial charge in [-0.2, -0.15) is 0 Å². The van der Waals surface area contributed by atoms with Crippen LogP contribution in [0.1, 0.15) is 97.1 Å². The first-order valence-electron chi connectivity index (χ1n) is 10.2. The van der Waals surface area contributed by atoms with Gasteiger partial charge in [0.2, 0.25) is 11.6 Å². The van der Waals surface area contributed by atoms with Gasteiger partial charge in [-0.1, -0.05) is 52.4 Å². The number of unbranched alkanes of at least 4 members (excludes halogenated alkanes) is 6. The SMILES string of the molecule is CCCCCCc1c(I)sc2c1C(=O)C(=O)c1c-2sc(I)c1CCCCCC. The lowest BCUT2D eigenvalue weighted by molar-refractivity contribution is 0.0815. The minimum absolute atomic E-state index is 0.267. The first-order valence-corrected chi connectivity index (χ1v) is 14.0. The van der Waals surface area contributed by atoms with E-state index < -0.39 is 0 Å². The van der Waals surface area contributed by atoms with Crippen molar-refractivity contribution < 1.29 is 9.59 Å². The number of halogens is 2. The highest BCUT2D eigenvalue weighted by molar-refractivity contribution is 14.1. The van der Waals surface area contributed by atoms with Crippen molar-refractivity contribution in [1.29, 1.82) is 0 Å². The Morgan fingerprint density at radius 2 is 1.04 bits per heavy atom. The van der Waals surface area contributed by atoms with E-state index in [0.29, 0.717) is 0 Å². The Hall–Kier alpha value is 0.200. The molecule has 152 valence electrons. The van der Waals surface area contributed by atoms with Gasteiger partial charge < -0.3 is 0 Å². The van der Waals surface area contributed by atoms with E-state index in [4.69, 9.17) is 0 Å². The van der Waals surface area contributed by atoms with Crippen LogP contribution in [-0.4, -0.2) is 11.6 Å². The summed E-state index contributed by atoms with van der Waals surface area (Å²) in [4.78, 5) is 28.3. The van der Waals surface area contributed by atoms with E-state index in [9.17, 15) is 9.59 Å². The highest BCUT2D eigenvalue weighted by Gasteiger charge is 2.38. The summed E-state index contributed by atoms with van der Waals surface area (Å²) >= 11 is 8.13. The topological polar surface area (TPSA) is 34.1 Å². The molecule has 0 atom stereocenters. The van der Waals surface area contributed by atoms with E-state index in [2.05, 4.69) is 59.0 Å². The van der Waals surface area contributed by atoms with Crippen molar-refractivity contribution in [2.45, 2.75) is 78.1 Å². The van der Waals surface area contributed by atoms with Gasteiger partial charge >= 0.3 is 0 Å². The summed E-state index contributed by atoms with van der Waals surface area (Å²) in [5, 5.41) is 0. The monoisotopic (exact) mass is 640 g/mol. The molecular weight excluding hydrogens is 614 g/mol. The molecule has 6 heteroatoms. The van der Waals surface area contributed by atoms with Gasteiger partial charge in [-0.15, -0.1) is 22.7 Å². The maximum absolute atomic E-state index is 13.1. The molecule has 0 bridgehead atoms. The van der Waals surface area contributed by atoms with Crippen LogP contribution in [-0.2, 0) is 12.8 Å². The number of rotatable bonds is 10. The van der Waals surface area contributed by atoms with Crippen molar-refractivity contribution in [3.63, 3.8) is 0 Å². The standard InChI is InChI=1S/C22H26I2O2S2/c1-3-5-7-9-11-13-15-17(25)18(26)16-14(12-10-8-6-4-2)22(24)28-20(16)19(15)27-21(13)23/h3-12H2,1-2H3. The zero-order valence-corrected chi connectivity index (χ0v) is 22.4. The molecule has 28 heavy (non-hydrogen) atoms. The molecule has 0 aliphatic heterocycles. The van der Waals surface area contributed by atoms with Gasteiger partial charge in [0.15, 0.2) is 0 Å². The van der Waals surface area contributed by atoms with Crippen LogP contribution in [0.4, 0.5) is 0 Å². The molecule has 0 amide bonds. The molecular formula is C22H26I2O2S2.